The van der Waals surface area contributed by atoms with Crippen molar-refractivity contribution in [1.82, 2.24) is 10.2 Å². The van der Waals surface area contributed by atoms with Gasteiger partial charge in [-0.1, -0.05) is 58.4 Å². The van der Waals surface area contributed by atoms with E-state index in [0.717, 1.165) is 18.8 Å². The Hall–Kier alpha value is -4.00. The summed E-state index contributed by atoms with van der Waals surface area (Å²) < 4.78 is 13.0. The quantitative estimate of drug-likeness (QED) is 0.132. The molecule has 0 aromatic heterocycles. The molecule has 9 atom stereocenters. The molecule has 280 valence electrons. The predicted octanol–water partition coefficient (Wildman–Crippen LogP) is 4.94. The van der Waals surface area contributed by atoms with E-state index in [4.69, 9.17) is 9.47 Å². The summed E-state index contributed by atoms with van der Waals surface area (Å²) in [6.07, 6.45) is 2.71. The summed E-state index contributed by atoms with van der Waals surface area (Å²) in [5.41, 5.74) is 0.951. The van der Waals surface area contributed by atoms with E-state index in [2.05, 4.69) is 53.2 Å². The van der Waals surface area contributed by atoms with E-state index < -0.39 is 66.3 Å². The number of aliphatic hydroxyl groups excluding tert-OH is 1. The van der Waals surface area contributed by atoms with Gasteiger partial charge < -0.3 is 34.6 Å². The fourth-order valence-electron chi connectivity index (χ4n) is 8.15. The number of allylic oxidation sites excluding steroid dienone is 1. The molecular weight excluding hydrogens is 728 g/mol. The lowest BCUT2D eigenvalue weighted by Gasteiger charge is -2.38. The van der Waals surface area contributed by atoms with Crippen molar-refractivity contribution in [2.75, 3.05) is 36.0 Å². The van der Waals surface area contributed by atoms with Gasteiger partial charge in [0, 0.05) is 42.3 Å². The van der Waals surface area contributed by atoms with Gasteiger partial charge in [-0.05, 0) is 70.4 Å². The van der Waals surface area contributed by atoms with Gasteiger partial charge in [0.25, 0.3) is 5.91 Å². The molecule has 3 aliphatic heterocycles. The number of amides is 3. The number of esters is 1. The SMILES string of the molecule is C=CCCC(=O)N[C@@H](C)[C@H](OC(=O)[C@@H]1[C@H]2O[C@@]3(CC2Br)[C@H](C(=O)N(CC=C)c2ccc(N(CC)CC)cc2)N([C@H](C)CO)C(=O)[C@@H]13)c1ccccc1. The zero-order valence-corrected chi connectivity index (χ0v) is 32.0. The van der Waals surface area contributed by atoms with Gasteiger partial charge in [0.2, 0.25) is 11.8 Å². The number of fused-ring (bicyclic) bond motifs is 1. The highest BCUT2D eigenvalue weighted by Gasteiger charge is 2.77. The van der Waals surface area contributed by atoms with Crippen LogP contribution in [-0.4, -0.2) is 94.6 Å². The second kappa shape index (κ2) is 16.8. The largest absolute Gasteiger partial charge is 0.455 e. The van der Waals surface area contributed by atoms with E-state index in [9.17, 15) is 24.3 Å². The maximum absolute atomic E-state index is 14.9. The highest BCUT2D eigenvalue weighted by atomic mass is 79.9. The first-order chi connectivity index (χ1) is 25.0. The van der Waals surface area contributed by atoms with Crippen molar-refractivity contribution in [3.05, 3.63) is 85.5 Å². The molecule has 11 nitrogen and oxygen atoms in total. The lowest BCUT2D eigenvalue weighted by molar-refractivity contribution is -0.162. The number of nitrogens with one attached hydrogen (secondary N) is 1. The maximum Gasteiger partial charge on any atom is 0.313 e. The molecule has 3 saturated heterocycles. The normalized spacial score (nSPS) is 26.2. The van der Waals surface area contributed by atoms with Crippen LogP contribution in [0.3, 0.4) is 0 Å². The summed E-state index contributed by atoms with van der Waals surface area (Å²) in [6, 6.07) is 14.3. The topological polar surface area (TPSA) is 129 Å². The van der Waals surface area contributed by atoms with Gasteiger partial charge in [-0.3, -0.25) is 19.2 Å². The molecule has 3 heterocycles. The number of rotatable bonds is 17. The first-order valence-electron chi connectivity index (χ1n) is 18.2. The summed E-state index contributed by atoms with van der Waals surface area (Å²) in [5.74, 6) is -3.78. The van der Waals surface area contributed by atoms with Gasteiger partial charge in [0.05, 0.1) is 36.6 Å². The van der Waals surface area contributed by atoms with Gasteiger partial charge in [-0.25, -0.2) is 0 Å². The second-order valence-electron chi connectivity index (χ2n) is 13.8. The third-order valence-corrected chi connectivity index (χ3v) is 11.5. The minimum atomic E-state index is -1.37. The molecule has 0 aliphatic carbocycles. The van der Waals surface area contributed by atoms with Gasteiger partial charge in [0.15, 0.2) is 0 Å². The molecule has 2 bridgehead atoms. The molecule has 3 aliphatic rings. The van der Waals surface area contributed by atoms with Crippen LogP contribution in [0, 0.1) is 11.8 Å². The minimum absolute atomic E-state index is 0.165. The summed E-state index contributed by atoms with van der Waals surface area (Å²) in [5, 5.41) is 13.3. The van der Waals surface area contributed by atoms with Crippen molar-refractivity contribution in [2.45, 2.75) is 87.7 Å². The lowest BCUT2D eigenvalue weighted by atomic mass is 9.70. The fourth-order valence-corrected chi connectivity index (χ4v) is 9.09. The van der Waals surface area contributed by atoms with Crippen molar-refractivity contribution in [3.63, 3.8) is 0 Å². The molecule has 52 heavy (non-hydrogen) atoms. The van der Waals surface area contributed by atoms with Crippen LogP contribution in [0.1, 0.15) is 58.6 Å². The Labute approximate surface area is 315 Å². The van der Waals surface area contributed by atoms with E-state index in [1.165, 1.54) is 4.90 Å². The van der Waals surface area contributed by atoms with Crippen LogP contribution in [0.25, 0.3) is 0 Å². The number of halogens is 1. The number of benzene rings is 2. The first-order valence-corrected chi connectivity index (χ1v) is 19.1. The highest BCUT2D eigenvalue weighted by molar-refractivity contribution is 9.09. The number of likely N-dealkylation sites (tertiary alicyclic amines) is 1. The van der Waals surface area contributed by atoms with Gasteiger partial charge in [0.1, 0.15) is 17.7 Å². The van der Waals surface area contributed by atoms with Crippen LogP contribution in [-0.2, 0) is 28.7 Å². The van der Waals surface area contributed by atoms with Crippen LogP contribution in [0.2, 0.25) is 0 Å². The van der Waals surface area contributed by atoms with Crippen molar-refractivity contribution in [2.24, 2.45) is 11.8 Å². The number of carbonyl (C=O) groups excluding carboxylic acids is 4. The Kier molecular flexibility index (Phi) is 12.6. The third-order valence-electron chi connectivity index (χ3n) is 10.6. The molecule has 2 aromatic carbocycles. The molecule has 2 N–H and O–H groups in total. The molecule has 0 saturated carbocycles. The smallest absolute Gasteiger partial charge is 0.313 e. The van der Waals surface area contributed by atoms with Crippen molar-refractivity contribution < 1.29 is 33.8 Å². The third kappa shape index (κ3) is 7.30. The average molecular weight is 780 g/mol. The van der Waals surface area contributed by atoms with E-state index in [0.29, 0.717) is 24.1 Å². The predicted molar refractivity (Wildman–Crippen MR) is 204 cm³/mol. The molecular formula is C40H51BrN4O7. The Morgan fingerprint density at radius 3 is 2.33 bits per heavy atom. The summed E-state index contributed by atoms with van der Waals surface area (Å²) in [4.78, 5) is 61.5. The number of hydrogen-bond acceptors (Lipinski definition) is 8. The average Bonchev–Trinajstić information content (AvgIpc) is 3.75. The molecule has 3 amide bonds. The Bertz CT molecular complexity index is 1620. The van der Waals surface area contributed by atoms with Crippen molar-refractivity contribution >= 4 is 51.0 Å². The number of ether oxygens (including phenoxy) is 2. The number of aliphatic hydroxyl groups is 1. The molecule has 1 spiro atoms. The van der Waals surface area contributed by atoms with Crippen LogP contribution in [0.4, 0.5) is 11.4 Å². The van der Waals surface area contributed by atoms with Crippen LogP contribution in [0.5, 0.6) is 0 Å². The van der Waals surface area contributed by atoms with Crippen molar-refractivity contribution in [3.8, 4) is 0 Å². The van der Waals surface area contributed by atoms with E-state index in [1.54, 1.807) is 30.9 Å². The second-order valence-corrected chi connectivity index (χ2v) is 15.0. The number of hydrogen-bond donors (Lipinski definition) is 2. The molecule has 2 aromatic rings. The molecule has 5 rings (SSSR count). The Morgan fingerprint density at radius 1 is 1.08 bits per heavy atom. The van der Waals surface area contributed by atoms with E-state index >= 15 is 0 Å². The minimum Gasteiger partial charge on any atom is -0.455 e. The standard InChI is InChI=1S/C40H51BrN4O7/c1-7-11-17-31(47)42-26(6)34(27-15-13-12-14-16-27)51-39(50)32-33-37(48)45(25(5)24-46)36(40(33)23-30(41)35(32)52-40)38(49)44(22-8-2)29-20-18-28(19-21-29)43(9-3)10-4/h7-8,12-16,18-21,25-26,30,32-36,46H,1-2,9-11,17,22-24H2,3-6H3,(H,42,47)/t25-,26+,30?,32+,33-,34+,35+,36+,40-/m1/s1. The van der Waals surface area contributed by atoms with Crippen LogP contribution < -0.4 is 15.1 Å². The number of carbonyl (C=O) groups is 4. The fraction of sp³-hybridized carbons (Fsp3) is 0.500. The molecule has 3 fully saturated rings. The first kappa shape index (κ1) is 39.2. The van der Waals surface area contributed by atoms with Crippen LogP contribution in [0.15, 0.2) is 79.9 Å². The number of nitrogens with zero attached hydrogens (tertiary/aromatic N) is 3. The lowest BCUT2D eigenvalue weighted by Crippen LogP contribution is -2.58. The Morgan fingerprint density at radius 2 is 1.73 bits per heavy atom. The van der Waals surface area contributed by atoms with E-state index in [1.807, 2.05) is 54.6 Å². The zero-order valence-electron chi connectivity index (χ0n) is 30.4. The molecule has 12 heteroatoms. The van der Waals surface area contributed by atoms with Gasteiger partial charge in [-0.15, -0.1) is 13.2 Å². The summed E-state index contributed by atoms with van der Waals surface area (Å²) in [7, 11) is 0. The number of anilines is 2. The van der Waals surface area contributed by atoms with Gasteiger partial charge in [-0.2, -0.15) is 0 Å². The molecule has 0 radical (unpaired) electrons. The zero-order chi connectivity index (χ0) is 37.7. The van der Waals surface area contributed by atoms with Gasteiger partial charge >= 0.3 is 5.97 Å². The van der Waals surface area contributed by atoms with Crippen LogP contribution >= 0.6 is 15.9 Å². The van der Waals surface area contributed by atoms with E-state index in [-0.39, 0.29) is 29.6 Å². The van der Waals surface area contributed by atoms with Crippen molar-refractivity contribution in [1.29, 1.82) is 0 Å². The summed E-state index contributed by atoms with van der Waals surface area (Å²) >= 11 is 3.73. The highest BCUT2D eigenvalue weighted by Crippen LogP contribution is 2.61. The number of alkyl halides is 1. The maximum atomic E-state index is 14.9. The Balaban J connectivity index is 1.50. The summed E-state index contributed by atoms with van der Waals surface area (Å²) in [6.45, 7) is 16.6. The monoisotopic (exact) mass is 778 g/mol. The molecule has 1 unspecified atom stereocenters.